The van der Waals surface area contributed by atoms with Gasteiger partial charge in [-0.2, -0.15) is 0 Å². The van der Waals surface area contributed by atoms with Crippen LogP contribution in [-0.2, 0) is 37.6 Å². The molecule has 0 bridgehead atoms. The van der Waals surface area contributed by atoms with E-state index in [9.17, 15) is 0 Å². The summed E-state index contributed by atoms with van der Waals surface area (Å²) in [6, 6.07) is 27.4. The second-order valence-corrected chi connectivity index (χ2v) is 25.7. The number of aryl methyl sites for hydroxylation is 1. The number of allylic oxidation sites excluding steroid dienone is 4. The predicted octanol–water partition coefficient (Wildman–Crippen LogP) is 1.80. The fourth-order valence-corrected chi connectivity index (χ4v) is 14.9. The molecule has 0 radical (unpaired) electrons. The fourth-order valence-electron chi connectivity index (χ4n) is 7.61. The summed E-state index contributed by atoms with van der Waals surface area (Å²) >= 11 is 1.51. The van der Waals surface area contributed by atoms with Crippen LogP contribution in [0.15, 0.2) is 91.0 Å². The van der Waals surface area contributed by atoms with E-state index < -0.39 is 16.1 Å². The van der Waals surface area contributed by atoms with Crippen molar-refractivity contribution in [1.82, 2.24) is 0 Å². The molecule has 0 saturated carbocycles. The third kappa shape index (κ3) is 6.40. The molecule has 2 aliphatic rings. The van der Waals surface area contributed by atoms with Crippen LogP contribution in [0.4, 0.5) is 0 Å². The van der Waals surface area contributed by atoms with E-state index >= 15 is 0 Å². The summed E-state index contributed by atoms with van der Waals surface area (Å²) < 4.78 is 1.55. The summed E-state index contributed by atoms with van der Waals surface area (Å²) in [5.41, 5.74) is 11.6. The van der Waals surface area contributed by atoms with Crippen LogP contribution in [0.1, 0.15) is 53.6 Å². The summed E-state index contributed by atoms with van der Waals surface area (Å²) in [7, 11) is -3.54. The van der Waals surface area contributed by atoms with E-state index in [-0.39, 0.29) is 24.8 Å². The van der Waals surface area contributed by atoms with Gasteiger partial charge in [-0.1, -0.05) is 0 Å². The molecule has 235 valence electrons. The van der Waals surface area contributed by atoms with Crippen molar-refractivity contribution < 1.29 is 49.5 Å². The summed E-state index contributed by atoms with van der Waals surface area (Å²) in [6.45, 7) is 20.3. The maximum atomic E-state index is 2.60. The first kappa shape index (κ1) is 36.8. The maximum Gasteiger partial charge on any atom is -1.00 e. The topological polar surface area (TPSA) is 0 Å². The number of rotatable bonds is 7. The van der Waals surface area contributed by atoms with Crippen LogP contribution >= 0.6 is 0 Å². The zero-order chi connectivity index (χ0) is 31.4. The Morgan fingerprint density at radius 2 is 1.26 bits per heavy atom. The van der Waals surface area contributed by atoms with Crippen LogP contribution in [-0.4, -0.2) is 16.1 Å². The van der Waals surface area contributed by atoms with Crippen LogP contribution in [0.2, 0.25) is 39.3 Å². The summed E-state index contributed by atoms with van der Waals surface area (Å²) in [4.78, 5) is 0. The Morgan fingerprint density at radius 3 is 1.72 bits per heavy atom. The largest absolute Gasteiger partial charge is 1.00 e. The quantitative estimate of drug-likeness (QED) is 0.253. The number of benzene rings is 4. The van der Waals surface area contributed by atoms with Crippen molar-refractivity contribution in [1.29, 1.82) is 0 Å². The molecule has 46 heavy (non-hydrogen) atoms. The minimum absolute atomic E-state index is 0. The van der Waals surface area contributed by atoms with Crippen molar-refractivity contribution in [3.05, 3.63) is 145 Å². The molecule has 4 aromatic rings. The van der Waals surface area contributed by atoms with E-state index in [1.54, 1.807) is 35.2 Å². The number of halogens is 2. The van der Waals surface area contributed by atoms with E-state index in [1.807, 2.05) is 0 Å². The standard InChI is InChI=1S/C41H45Si2.2ClH.Zr/c1-9-28-25-32-27-35-37(31-23-17-18-24-31)33(10-2)40(42(3,4)5)41(43(6,7)8)39(35)38(32)34(26-28)36(29-19-13-11-14-20-29)30-21-15-12-16-22-30;;;/h11-23,25-26H,9-10,24H2,1-8H3;2*1H;/q;;;+2/p-2. The van der Waals surface area contributed by atoms with Crippen molar-refractivity contribution in [2.24, 2.45) is 0 Å². The van der Waals surface area contributed by atoms with Crippen molar-refractivity contribution in [3.63, 3.8) is 0 Å². The first-order valence-electron chi connectivity index (χ1n) is 16.3. The van der Waals surface area contributed by atoms with Gasteiger partial charge >= 0.3 is 283 Å². The monoisotopic (exact) mass is 753 g/mol. The van der Waals surface area contributed by atoms with E-state index in [1.165, 1.54) is 68.6 Å². The van der Waals surface area contributed by atoms with Crippen molar-refractivity contribution in [3.8, 4) is 0 Å². The van der Waals surface area contributed by atoms with Gasteiger partial charge in [0.2, 0.25) is 0 Å². The molecular formula is C41H45Cl2Si2Zr. The number of hydrogen-bond acceptors (Lipinski definition) is 0. The Labute approximate surface area is 305 Å². The second-order valence-electron chi connectivity index (χ2n) is 14.4. The van der Waals surface area contributed by atoms with Crippen molar-refractivity contribution in [2.45, 2.75) is 72.4 Å². The minimum Gasteiger partial charge on any atom is -1.00 e. The first-order chi connectivity index (χ1) is 21.0. The van der Waals surface area contributed by atoms with Crippen LogP contribution in [0.3, 0.4) is 0 Å². The average Bonchev–Trinajstić information content (AvgIpc) is 3.63. The molecule has 0 saturated heterocycles. The molecule has 4 aromatic carbocycles. The summed E-state index contributed by atoms with van der Waals surface area (Å²) in [5.74, 6) is 0. The maximum absolute atomic E-state index is 2.60. The van der Waals surface area contributed by atoms with Gasteiger partial charge in [-0.15, -0.1) is 0 Å². The van der Waals surface area contributed by atoms with Gasteiger partial charge in [-0.3, -0.25) is 0 Å². The molecule has 0 aliphatic heterocycles. The van der Waals surface area contributed by atoms with E-state index in [0.717, 1.165) is 19.3 Å². The Balaban J connectivity index is 0.00000240. The molecule has 6 rings (SSSR count). The van der Waals surface area contributed by atoms with Gasteiger partial charge in [0.05, 0.1) is 0 Å². The third-order valence-corrected chi connectivity index (χ3v) is 14.9. The van der Waals surface area contributed by atoms with E-state index in [4.69, 9.17) is 0 Å². The van der Waals surface area contributed by atoms with Gasteiger partial charge in [-0.25, -0.2) is 0 Å². The van der Waals surface area contributed by atoms with Gasteiger partial charge in [0.25, 0.3) is 0 Å². The summed E-state index contributed by atoms with van der Waals surface area (Å²) in [6.07, 6.45) is 10.2. The molecule has 0 atom stereocenters. The molecular weight excluding hydrogens is 711 g/mol. The molecule has 5 heteroatoms. The average molecular weight is 756 g/mol. The van der Waals surface area contributed by atoms with Gasteiger partial charge in [0, 0.05) is 0 Å². The van der Waals surface area contributed by atoms with Gasteiger partial charge in [0.15, 0.2) is 0 Å². The number of hydrogen-bond donors (Lipinski definition) is 0. The Hall–Kier alpha value is -2.00. The zero-order valence-electron chi connectivity index (χ0n) is 28.5. The second kappa shape index (κ2) is 14.2. The van der Waals surface area contributed by atoms with Gasteiger partial charge < -0.3 is 24.8 Å². The molecule has 0 spiro atoms. The predicted molar refractivity (Wildman–Crippen MR) is 193 cm³/mol. The Bertz CT molecular complexity index is 2020. The molecule has 0 N–H and O–H groups in total. The molecule has 0 unspecified atom stereocenters. The van der Waals surface area contributed by atoms with E-state index in [2.05, 4.69) is 144 Å². The smallest absolute Gasteiger partial charge is 1.00 e. The normalized spacial score (nSPS) is 13.5. The first-order valence-corrected chi connectivity index (χ1v) is 24.5. The van der Waals surface area contributed by atoms with Crippen molar-refractivity contribution in [2.75, 3.05) is 0 Å². The molecule has 0 amide bonds. The van der Waals surface area contributed by atoms with E-state index in [0.29, 0.717) is 0 Å². The molecule has 2 aliphatic carbocycles. The third-order valence-electron chi connectivity index (χ3n) is 9.32. The Morgan fingerprint density at radius 1 is 0.696 bits per heavy atom. The van der Waals surface area contributed by atoms with Crippen molar-refractivity contribution >= 4 is 40.9 Å². The van der Waals surface area contributed by atoms with Crippen LogP contribution in [0.5, 0.6) is 0 Å². The minimum atomic E-state index is -1.80. The van der Waals surface area contributed by atoms with Gasteiger partial charge in [-0.05, 0) is 0 Å². The fraction of sp³-hybridized carbons (Fsp3) is 0.268. The zero-order valence-corrected chi connectivity index (χ0v) is 34.5. The van der Waals surface area contributed by atoms with Gasteiger partial charge in [0.1, 0.15) is 0 Å². The SMILES string of the molecule is CCc1cc2c(c(=C(c3ccccc3)c3ccccc3)c1)=c1c([Si](C)(C)C)c([Si](C)(C)C)c(CC)c(C3=CC=CC3)c1=[C]2[Zr+2].[Cl-].[Cl-]. The number of fused-ring (bicyclic) bond motifs is 2. The van der Waals surface area contributed by atoms with Crippen LogP contribution < -0.4 is 45.6 Å². The summed E-state index contributed by atoms with van der Waals surface area (Å²) in [5, 5.41) is 9.56. The van der Waals surface area contributed by atoms with Crippen LogP contribution in [0.25, 0.3) is 14.4 Å². The molecule has 0 heterocycles. The Kier molecular flexibility index (Phi) is 11.4. The molecule has 0 nitrogen and oxygen atoms in total. The van der Waals surface area contributed by atoms with Crippen LogP contribution in [0, 0.1) is 10.4 Å². The molecule has 0 fully saturated rings. The molecule has 0 aromatic heterocycles.